The van der Waals surface area contributed by atoms with Gasteiger partial charge in [-0.2, -0.15) is 0 Å². The summed E-state index contributed by atoms with van der Waals surface area (Å²) in [6.45, 7) is 2.77. The SMILES string of the molecule is CCNc1cc(O)ccc1Cl. The summed E-state index contributed by atoms with van der Waals surface area (Å²) in [4.78, 5) is 0. The van der Waals surface area contributed by atoms with E-state index in [4.69, 9.17) is 16.7 Å². The van der Waals surface area contributed by atoms with Crippen molar-refractivity contribution in [2.75, 3.05) is 11.9 Å². The molecular formula is C8H10ClNO. The van der Waals surface area contributed by atoms with Crippen molar-refractivity contribution in [3.63, 3.8) is 0 Å². The van der Waals surface area contributed by atoms with Gasteiger partial charge in [-0.05, 0) is 19.1 Å². The normalized spacial score (nSPS) is 9.64. The van der Waals surface area contributed by atoms with Gasteiger partial charge in [-0.1, -0.05) is 11.6 Å². The highest BCUT2D eigenvalue weighted by molar-refractivity contribution is 6.33. The summed E-state index contributed by atoms with van der Waals surface area (Å²) in [5.41, 5.74) is 0.772. The first kappa shape index (κ1) is 8.21. The maximum atomic E-state index is 9.07. The molecule has 0 bridgehead atoms. The molecule has 2 nitrogen and oxygen atoms in total. The smallest absolute Gasteiger partial charge is 0.117 e. The zero-order valence-electron chi connectivity index (χ0n) is 6.26. The van der Waals surface area contributed by atoms with Gasteiger partial charge >= 0.3 is 0 Å². The minimum absolute atomic E-state index is 0.227. The minimum Gasteiger partial charge on any atom is -0.508 e. The number of phenols is 1. The van der Waals surface area contributed by atoms with Crippen molar-refractivity contribution in [3.8, 4) is 5.75 Å². The van der Waals surface area contributed by atoms with E-state index in [1.807, 2.05) is 6.92 Å². The number of hydrogen-bond donors (Lipinski definition) is 2. The molecule has 0 aromatic heterocycles. The molecule has 1 aromatic carbocycles. The van der Waals surface area contributed by atoms with Crippen LogP contribution in [0.2, 0.25) is 5.02 Å². The number of anilines is 1. The second-order valence-electron chi connectivity index (χ2n) is 2.19. The van der Waals surface area contributed by atoms with Crippen molar-refractivity contribution in [2.45, 2.75) is 6.92 Å². The molecule has 60 valence electrons. The summed E-state index contributed by atoms with van der Waals surface area (Å²) in [7, 11) is 0. The van der Waals surface area contributed by atoms with Crippen LogP contribution in [0.5, 0.6) is 5.75 Å². The highest BCUT2D eigenvalue weighted by atomic mass is 35.5. The number of halogens is 1. The summed E-state index contributed by atoms with van der Waals surface area (Å²) in [6.07, 6.45) is 0. The Bertz CT molecular complexity index is 250. The molecule has 0 heterocycles. The maximum absolute atomic E-state index is 9.07. The number of hydrogen-bond acceptors (Lipinski definition) is 2. The van der Waals surface area contributed by atoms with Gasteiger partial charge < -0.3 is 10.4 Å². The predicted octanol–water partition coefficient (Wildman–Crippen LogP) is 2.48. The molecule has 11 heavy (non-hydrogen) atoms. The Morgan fingerprint density at radius 1 is 1.55 bits per heavy atom. The van der Waals surface area contributed by atoms with E-state index in [2.05, 4.69) is 5.32 Å². The minimum atomic E-state index is 0.227. The second-order valence-corrected chi connectivity index (χ2v) is 2.60. The third kappa shape index (κ3) is 2.02. The number of rotatable bonds is 2. The van der Waals surface area contributed by atoms with Gasteiger partial charge in [0.15, 0.2) is 0 Å². The van der Waals surface area contributed by atoms with Crippen LogP contribution in [0.4, 0.5) is 5.69 Å². The fourth-order valence-corrected chi connectivity index (χ4v) is 1.02. The number of nitrogens with one attached hydrogen (secondary N) is 1. The van der Waals surface area contributed by atoms with Gasteiger partial charge in [-0.3, -0.25) is 0 Å². The Balaban J connectivity index is 2.93. The molecule has 1 aromatic rings. The first-order chi connectivity index (χ1) is 5.24. The van der Waals surface area contributed by atoms with Crippen molar-refractivity contribution >= 4 is 17.3 Å². The van der Waals surface area contributed by atoms with E-state index in [9.17, 15) is 0 Å². The molecule has 0 atom stereocenters. The largest absolute Gasteiger partial charge is 0.508 e. The van der Waals surface area contributed by atoms with Crippen molar-refractivity contribution in [1.29, 1.82) is 0 Å². The van der Waals surface area contributed by atoms with E-state index in [-0.39, 0.29) is 5.75 Å². The molecule has 0 radical (unpaired) electrons. The average Bonchev–Trinajstić information content (AvgIpc) is 1.98. The van der Waals surface area contributed by atoms with Crippen LogP contribution in [0.15, 0.2) is 18.2 Å². The van der Waals surface area contributed by atoms with Crippen LogP contribution in [-0.2, 0) is 0 Å². The molecule has 0 aliphatic carbocycles. The lowest BCUT2D eigenvalue weighted by atomic mass is 10.3. The van der Waals surface area contributed by atoms with Gasteiger partial charge in [0.2, 0.25) is 0 Å². The molecular weight excluding hydrogens is 162 g/mol. The summed E-state index contributed by atoms with van der Waals surface area (Å²) >= 11 is 5.80. The molecule has 3 heteroatoms. The van der Waals surface area contributed by atoms with Gasteiger partial charge in [-0.15, -0.1) is 0 Å². The zero-order valence-corrected chi connectivity index (χ0v) is 7.02. The third-order valence-corrected chi connectivity index (χ3v) is 1.65. The van der Waals surface area contributed by atoms with Crippen molar-refractivity contribution in [2.24, 2.45) is 0 Å². The topological polar surface area (TPSA) is 32.3 Å². The molecule has 0 fully saturated rings. The Hall–Kier alpha value is -0.890. The number of phenolic OH excluding ortho intramolecular Hbond substituents is 1. The zero-order chi connectivity index (χ0) is 8.27. The van der Waals surface area contributed by atoms with Crippen LogP contribution in [0, 0.1) is 0 Å². The van der Waals surface area contributed by atoms with Crippen LogP contribution in [0.3, 0.4) is 0 Å². The predicted molar refractivity (Wildman–Crippen MR) is 47.3 cm³/mol. The monoisotopic (exact) mass is 171 g/mol. The molecule has 2 N–H and O–H groups in total. The van der Waals surface area contributed by atoms with Crippen LogP contribution in [0.25, 0.3) is 0 Å². The van der Waals surface area contributed by atoms with E-state index in [0.29, 0.717) is 5.02 Å². The second kappa shape index (κ2) is 3.49. The van der Waals surface area contributed by atoms with E-state index in [0.717, 1.165) is 12.2 Å². The molecule has 0 amide bonds. The van der Waals surface area contributed by atoms with Gasteiger partial charge in [0, 0.05) is 12.6 Å². The lowest BCUT2D eigenvalue weighted by Gasteiger charge is -2.04. The van der Waals surface area contributed by atoms with Crippen LogP contribution in [0.1, 0.15) is 6.92 Å². The van der Waals surface area contributed by atoms with Crippen molar-refractivity contribution in [3.05, 3.63) is 23.2 Å². The fraction of sp³-hybridized carbons (Fsp3) is 0.250. The fourth-order valence-electron chi connectivity index (χ4n) is 0.839. The third-order valence-electron chi connectivity index (χ3n) is 1.32. The van der Waals surface area contributed by atoms with E-state index < -0.39 is 0 Å². The van der Waals surface area contributed by atoms with E-state index >= 15 is 0 Å². The first-order valence-corrected chi connectivity index (χ1v) is 3.84. The Kier molecular flexibility index (Phi) is 2.60. The molecule has 0 aliphatic rings. The lowest BCUT2D eigenvalue weighted by molar-refractivity contribution is 0.475. The van der Waals surface area contributed by atoms with E-state index in [1.54, 1.807) is 18.2 Å². The Labute approximate surface area is 70.8 Å². The maximum Gasteiger partial charge on any atom is 0.117 e. The number of aromatic hydroxyl groups is 1. The summed E-state index contributed by atoms with van der Waals surface area (Å²) in [5.74, 6) is 0.227. The Morgan fingerprint density at radius 3 is 2.91 bits per heavy atom. The van der Waals surface area contributed by atoms with Gasteiger partial charge in [0.25, 0.3) is 0 Å². The van der Waals surface area contributed by atoms with Gasteiger partial charge in [0.05, 0.1) is 10.7 Å². The molecule has 0 saturated carbocycles. The van der Waals surface area contributed by atoms with Crippen molar-refractivity contribution in [1.82, 2.24) is 0 Å². The summed E-state index contributed by atoms with van der Waals surface area (Å²) in [5, 5.41) is 12.7. The molecule has 0 spiro atoms. The lowest BCUT2D eigenvalue weighted by Crippen LogP contribution is -1.96. The Morgan fingerprint density at radius 2 is 2.27 bits per heavy atom. The van der Waals surface area contributed by atoms with Crippen molar-refractivity contribution < 1.29 is 5.11 Å². The first-order valence-electron chi connectivity index (χ1n) is 3.46. The molecule has 0 aliphatic heterocycles. The van der Waals surface area contributed by atoms with Crippen LogP contribution >= 0.6 is 11.6 Å². The molecule has 0 saturated heterocycles. The average molecular weight is 172 g/mol. The summed E-state index contributed by atoms with van der Waals surface area (Å²) < 4.78 is 0. The number of benzene rings is 1. The highest BCUT2D eigenvalue weighted by Crippen LogP contribution is 2.25. The van der Waals surface area contributed by atoms with Gasteiger partial charge in [-0.25, -0.2) is 0 Å². The van der Waals surface area contributed by atoms with Gasteiger partial charge in [0.1, 0.15) is 5.75 Å². The standard InChI is InChI=1S/C8H10ClNO/c1-2-10-8-5-6(11)3-4-7(8)9/h3-5,10-11H,2H2,1H3. The molecule has 1 rings (SSSR count). The summed E-state index contributed by atoms with van der Waals surface area (Å²) in [6, 6.07) is 4.82. The van der Waals surface area contributed by atoms with E-state index in [1.165, 1.54) is 0 Å². The molecule has 0 unspecified atom stereocenters. The highest BCUT2D eigenvalue weighted by Gasteiger charge is 1.98. The van der Waals surface area contributed by atoms with Crippen LogP contribution < -0.4 is 5.32 Å². The van der Waals surface area contributed by atoms with Crippen LogP contribution in [-0.4, -0.2) is 11.7 Å². The quantitative estimate of drug-likeness (QED) is 0.717.